The standard InChI is InChI=1S/C14H17N5OS/c1-9(11-16-8-10(20-11)14(2,3)4)21-13-17-12-15-6-5-7-19(12)18-13/h5-9H,1-4H3. The van der Waals surface area contributed by atoms with E-state index in [9.17, 15) is 0 Å². The normalized spacial score (nSPS) is 13.7. The minimum Gasteiger partial charge on any atom is -0.444 e. The molecule has 0 saturated heterocycles. The minimum atomic E-state index is -0.0408. The highest BCUT2D eigenvalue weighted by molar-refractivity contribution is 7.99. The molecule has 0 aliphatic rings. The fraction of sp³-hybridized carbons (Fsp3) is 0.429. The van der Waals surface area contributed by atoms with Crippen molar-refractivity contribution in [3.63, 3.8) is 0 Å². The Morgan fingerprint density at radius 2 is 2.10 bits per heavy atom. The smallest absolute Gasteiger partial charge is 0.253 e. The van der Waals surface area contributed by atoms with Gasteiger partial charge >= 0.3 is 0 Å². The molecule has 7 heteroatoms. The van der Waals surface area contributed by atoms with Crippen LogP contribution in [0.5, 0.6) is 0 Å². The maximum atomic E-state index is 5.85. The summed E-state index contributed by atoms with van der Waals surface area (Å²) in [6.45, 7) is 8.33. The summed E-state index contributed by atoms with van der Waals surface area (Å²) in [5.74, 6) is 2.17. The molecular weight excluding hydrogens is 286 g/mol. The predicted octanol–water partition coefficient (Wildman–Crippen LogP) is 3.26. The van der Waals surface area contributed by atoms with Gasteiger partial charge in [-0.25, -0.2) is 14.5 Å². The Bertz CT molecular complexity index is 725. The summed E-state index contributed by atoms with van der Waals surface area (Å²) in [6, 6.07) is 1.82. The first-order valence-electron chi connectivity index (χ1n) is 6.74. The van der Waals surface area contributed by atoms with Gasteiger partial charge < -0.3 is 4.42 Å². The first kappa shape index (κ1) is 14.1. The molecule has 6 nitrogen and oxygen atoms in total. The van der Waals surface area contributed by atoms with Gasteiger partial charge in [-0.1, -0.05) is 32.5 Å². The van der Waals surface area contributed by atoms with Crippen LogP contribution in [0.15, 0.2) is 34.2 Å². The summed E-state index contributed by atoms with van der Waals surface area (Å²) in [5, 5.41) is 5.07. The zero-order chi connectivity index (χ0) is 15.0. The van der Waals surface area contributed by atoms with Crippen LogP contribution < -0.4 is 0 Å². The summed E-state index contributed by atoms with van der Waals surface area (Å²) in [7, 11) is 0. The topological polar surface area (TPSA) is 69.1 Å². The van der Waals surface area contributed by atoms with Crippen molar-refractivity contribution in [1.82, 2.24) is 24.6 Å². The quantitative estimate of drug-likeness (QED) is 0.692. The van der Waals surface area contributed by atoms with Crippen molar-refractivity contribution in [2.45, 2.75) is 43.5 Å². The van der Waals surface area contributed by atoms with Gasteiger partial charge in [-0.15, -0.1) is 5.10 Å². The van der Waals surface area contributed by atoms with Crippen molar-refractivity contribution in [3.8, 4) is 0 Å². The highest BCUT2D eigenvalue weighted by atomic mass is 32.2. The number of hydrogen-bond acceptors (Lipinski definition) is 6. The van der Waals surface area contributed by atoms with Crippen molar-refractivity contribution in [2.24, 2.45) is 0 Å². The highest BCUT2D eigenvalue weighted by Gasteiger charge is 2.22. The molecule has 0 radical (unpaired) electrons. The number of oxazole rings is 1. The van der Waals surface area contributed by atoms with E-state index >= 15 is 0 Å². The number of nitrogens with zero attached hydrogens (tertiary/aromatic N) is 5. The SMILES string of the molecule is CC(Sc1nc2ncccn2n1)c1ncc(C(C)(C)C)o1. The molecule has 0 aliphatic carbocycles. The van der Waals surface area contributed by atoms with Gasteiger partial charge in [0.05, 0.1) is 11.4 Å². The first-order chi connectivity index (χ1) is 9.93. The average molecular weight is 303 g/mol. The first-order valence-corrected chi connectivity index (χ1v) is 7.62. The van der Waals surface area contributed by atoms with Gasteiger partial charge in [0, 0.05) is 17.8 Å². The lowest BCUT2D eigenvalue weighted by molar-refractivity contribution is 0.383. The van der Waals surface area contributed by atoms with Crippen LogP contribution in [0.3, 0.4) is 0 Å². The molecule has 3 aromatic rings. The Labute approximate surface area is 127 Å². The van der Waals surface area contributed by atoms with E-state index < -0.39 is 0 Å². The number of rotatable bonds is 3. The van der Waals surface area contributed by atoms with E-state index in [1.807, 2.05) is 19.2 Å². The number of thioether (sulfide) groups is 1. The summed E-state index contributed by atoms with van der Waals surface area (Å²) >= 11 is 1.51. The van der Waals surface area contributed by atoms with Crippen molar-refractivity contribution >= 4 is 17.5 Å². The van der Waals surface area contributed by atoms with Crippen LogP contribution in [0.4, 0.5) is 0 Å². The largest absolute Gasteiger partial charge is 0.444 e. The number of hydrogen-bond donors (Lipinski definition) is 0. The van der Waals surface area contributed by atoms with Crippen LogP contribution in [0.2, 0.25) is 0 Å². The van der Waals surface area contributed by atoms with Crippen molar-refractivity contribution in [2.75, 3.05) is 0 Å². The molecule has 3 heterocycles. The van der Waals surface area contributed by atoms with E-state index in [1.54, 1.807) is 16.9 Å². The van der Waals surface area contributed by atoms with Crippen LogP contribution in [0.1, 0.15) is 44.6 Å². The van der Waals surface area contributed by atoms with Crippen LogP contribution >= 0.6 is 11.8 Å². The van der Waals surface area contributed by atoms with Gasteiger partial charge in [-0.3, -0.25) is 0 Å². The molecule has 0 saturated carbocycles. The Balaban J connectivity index is 1.79. The molecule has 0 bridgehead atoms. The zero-order valence-corrected chi connectivity index (χ0v) is 13.3. The van der Waals surface area contributed by atoms with E-state index in [4.69, 9.17) is 4.42 Å². The third-order valence-corrected chi connectivity index (χ3v) is 3.93. The molecular formula is C14H17N5OS. The van der Waals surface area contributed by atoms with E-state index in [-0.39, 0.29) is 10.7 Å². The Morgan fingerprint density at radius 1 is 1.29 bits per heavy atom. The lowest BCUT2D eigenvalue weighted by Crippen LogP contribution is -2.09. The maximum absolute atomic E-state index is 5.85. The van der Waals surface area contributed by atoms with Crippen LogP contribution in [-0.4, -0.2) is 24.6 Å². The number of aromatic nitrogens is 5. The van der Waals surface area contributed by atoms with Crippen LogP contribution in [0, 0.1) is 0 Å². The highest BCUT2D eigenvalue weighted by Crippen LogP contribution is 2.34. The van der Waals surface area contributed by atoms with Crippen LogP contribution in [0.25, 0.3) is 5.78 Å². The lowest BCUT2D eigenvalue weighted by atomic mass is 9.94. The lowest BCUT2D eigenvalue weighted by Gasteiger charge is -2.13. The molecule has 0 N–H and O–H groups in total. The van der Waals surface area contributed by atoms with Crippen molar-refractivity contribution in [3.05, 3.63) is 36.3 Å². The summed E-state index contributed by atoms with van der Waals surface area (Å²) in [5.41, 5.74) is -0.0408. The molecule has 1 atom stereocenters. The van der Waals surface area contributed by atoms with Gasteiger partial charge in [0.15, 0.2) is 0 Å². The predicted molar refractivity (Wildman–Crippen MR) is 80.3 cm³/mol. The van der Waals surface area contributed by atoms with E-state index in [1.165, 1.54) is 11.8 Å². The second kappa shape index (κ2) is 5.14. The van der Waals surface area contributed by atoms with Gasteiger partial charge in [-0.2, -0.15) is 4.98 Å². The maximum Gasteiger partial charge on any atom is 0.253 e. The van der Waals surface area contributed by atoms with E-state index in [0.29, 0.717) is 16.8 Å². The molecule has 3 aromatic heterocycles. The molecule has 1 unspecified atom stereocenters. The average Bonchev–Trinajstić information content (AvgIpc) is 3.04. The summed E-state index contributed by atoms with van der Waals surface area (Å²) in [6.07, 6.45) is 5.32. The van der Waals surface area contributed by atoms with E-state index in [0.717, 1.165) is 5.76 Å². The summed E-state index contributed by atoms with van der Waals surface area (Å²) < 4.78 is 7.50. The Hall–Kier alpha value is -1.89. The third kappa shape index (κ3) is 2.92. The Morgan fingerprint density at radius 3 is 2.76 bits per heavy atom. The monoisotopic (exact) mass is 303 g/mol. The molecule has 0 amide bonds. The third-order valence-electron chi connectivity index (χ3n) is 2.99. The van der Waals surface area contributed by atoms with Crippen molar-refractivity contribution < 1.29 is 4.42 Å². The fourth-order valence-corrected chi connectivity index (χ4v) is 2.59. The van der Waals surface area contributed by atoms with Gasteiger partial charge in [0.25, 0.3) is 5.78 Å². The van der Waals surface area contributed by atoms with Crippen LogP contribution in [-0.2, 0) is 5.41 Å². The van der Waals surface area contributed by atoms with Gasteiger partial charge in [-0.05, 0) is 13.0 Å². The van der Waals surface area contributed by atoms with E-state index in [2.05, 4.69) is 40.8 Å². The summed E-state index contributed by atoms with van der Waals surface area (Å²) in [4.78, 5) is 12.9. The fourth-order valence-electron chi connectivity index (χ4n) is 1.79. The molecule has 0 aliphatic heterocycles. The molecule has 110 valence electrons. The molecule has 21 heavy (non-hydrogen) atoms. The molecule has 0 aromatic carbocycles. The Kier molecular flexibility index (Phi) is 3.44. The molecule has 0 fully saturated rings. The van der Waals surface area contributed by atoms with Crippen molar-refractivity contribution in [1.29, 1.82) is 0 Å². The second-order valence-electron chi connectivity index (χ2n) is 5.83. The second-order valence-corrected chi connectivity index (χ2v) is 7.14. The van der Waals surface area contributed by atoms with Gasteiger partial charge in [0.1, 0.15) is 5.76 Å². The zero-order valence-electron chi connectivity index (χ0n) is 12.4. The molecule has 3 rings (SSSR count). The molecule has 0 spiro atoms. The minimum absolute atomic E-state index is 0.0403. The van der Waals surface area contributed by atoms with Gasteiger partial charge in [0.2, 0.25) is 11.0 Å². The number of fused-ring (bicyclic) bond motifs is 1.